The van der Waals surface area contributed by atoms with Crippen molar-refractivity contribution in [1.82, 2.24) is 14.7 Å². The number of fused-ring (bicyclic) bond motifs is 1. The lowest BCUT2D eigenvalue weighted by atomic mass is 10.2. The van der Waals surface area contributed by atoms with E-state index in [1.165, 1.54) is 25.1 Å². The molecular weight excluding hydrogens is 325 g/mol. The standard InChI is InChI=1S/C15H19F3N4O2/c1-9(2)24-11-7-5-6-10-12(11)13(19-14(23)21(3)4)20-22(10)8-15(16,17)18/h5-7,9H,8H2,1-4H3,(H,19,20,23). The van der Waals surface area contributed by atoms with Crippen molar-refractivity contribution in [3.05, 3.63) is 18.2 Å². The summed E-state index contributed by atoms with van der Waals surface area (Å²) >= 11 is 0. The molecule has 6 nitrogen and oxygen atoms in total. The van der Waals surface area contributed by atoms with Crippen LogP contribution in [-0.2, 0) is 6.54 Å². The minimum absolute atomic E-state index is 0.0317. The topological polar surface area (TPSA) is 59.4 Å². The molecule has 1 aromatic heterocycles. The fraction of sp³-hybridized carbons (Fsp3) is 0.467. The number of amides is 2. The summed E-state index contributed by atoms with van der Waals surface area (Å²) in [5.41, 5.74) is 0.236. The van der Waals surface area contributed by atoms with E-state index in [4.69, 9.17) is 4.74 Å². The molecular formula is C15H19F3N4O2. The average molecular weight is 344 g/mol. The molecule has 0 aliphatic carbocycles. The van der Waals surface area contributed by atoms with Gasteiger partial charge in [0, 0.05) is 14.1 Å². The highest BCUT2D eigenvalue weighted by Gasteiger charge is 2.30. The van der Waals surface area contributed by atoms with Crippen LogP contribution in [0.1, 0.15) is 13.8 Å². The van der Waals surface area contributed by atoms with Gasteiger partial charge in [-0.2, -0.15) is 18.3 Å². The van der Waals surface area contributed by atoms with Gasteiger partial charge >= 0.3 is 12.2 Å². The minimum Gasteiger partial charge on any atom is -0.490 e. The van der Waals surface area contributed by atoms with Crippen LogP contribution in [0, 0.1) is 0 Å². The summed E-state index contributed by atoms with van der Waals surface area (Å²) in [5.74, 6) is 0.397. The normalized spacial score (nSPS) is 11.8. The number of ether oxygens (including phenoxy) is 1. The van der Waals surface area contributed by atoms with Crippen LogP contribution in [-0.4, -0.2) is 47.1 Å². The van der Waals surface area contributed by atoms with Gasteiger partial charge in [0.15, 0.2) is 5.82 Å². The first-order valence-electron chi connectivity index (χ1n) is 7.29. The van der Waals surface area contributed by atoms with Crippen LogP contribution in [0.2, 0.25) is 0 Å². The van der Waals surface area contributed by atoms with E-state index in [0.29, 0.717) is 11.1 Å². The number of alkyl halides is 3. The van der Waals surface area contributed by atoms with E-state index in [-0.39, 0.29) is 17.4 Å². The number of anilines is 1. The smallest absolute Gasteiger partial charge is 0.408 e. The summed E-state index contributed by atoms with van der Waals surface area (Å²) in [6, 6.07) is 4.24. The molecule has 0 aliphatic heterocycles. The maximum absolute atomic E-state index is 12.8. The molecule has 0 saturated carbocycles. The van der Waals surface area contributed by atoms with Crippen LogP contribution < -0.4 is 10.1 Å². The molecule has 2 aromatic rings. The number of halogens is 3. The average Bonchev–Trinajstić information content (AvgIpc) is 2.75. The Morgan fingerprint density at radius 2 is 2.04 bits per heavy atom. The van der Waals surface area contributed by atoms with Gasteiger partial charge in [0.1, 0.15) is 12.3 Å². The van der Waals surface area contributed by atoms with E-state index >= 15 is 0 Å². The van der Waals surface area contributed by atoms with Gasteiger partial charge < -0.3 is 9.64 Å². The second-order valence-electron chi connectivity index (χ2n) is 5.76. The number of hydrogen-bond acceptors (Lipinski definition) is 3. The van der Waals surface area contributed by atoms with Crippen LogP contribution in [0.4, 0.5) is 23.8 Å². The molecule has 0 fully saturated rings. The van der Waals surface area contributed by atoms with E-state index in [1.54, 1.807) is 26.0 Å². The van der Waals surface area contributed by atoms with Crippen LogP contribution in [0.5, 0.6) is 5.75 Å². The molecule has 1 aromatic carbocycles. The molecule has 132 valence electrons. The predicted octanol–water partition coefficient (Wildman–Crippen LogP) is 3.48. The van der Waals surface area contributed by atoms with Crippen molar-refractivity contribution in [3.63, 3.8) is 0 Å². The van der Waals surface area contributed by atoms with Gasteiger partial charge in [-0.15, -0.1) is 0 Å². The van der Waals surface area contributed by atoms with Crippen molar-refractivity contribution in [1.29, 1.82) is 0 Å². The summed E-state index contributed by atoms with van der Waals surface area (Å²) in [6.07, 6.45) is -4.62. The Hall–Kier alpha value is -2.45. The summed E-state index contributed by atoms with van der Waals surface area (Å²) in [6.45, 7) is 2.35. The number of carbonyl (C=O) groups excluding carboxylic acids is 1. The zero-order valence-electron chi connectivity index (χ0n) is 13.8. The summed E-state index contributed by atoms with van der Waals surface area (Å²) < 4.78 is 44.8. The fourth-order valence-corrected chi connectivity index (χ4v) is 2.14. The first-order chi connectivity index (χ1) is 11.1. The van der Waals surface area contributed by atoms with E-state index in [9.17, 15) is 18.0 Å². The van der Waals surface area contributed by atoms with Gasteiger partial charge in [0.25, 0.3) is 0 Å². The van der Waals surface area contributed by atoms with Gasteiger partial charge in [0.2, 0.25) is 0 Å². The highest BCUT2D eigenvalue weighted by molar-refractivity contribution is 6.02. The Balaban J connectivity index is 2.58. The molecule has 1 N–H and O–H groups in total. The Morgan fingerprint density at radius 3 is 2.58 bits per heavy atom. The third-order valence-corrected chi connectivity index (χ3v) is 3.06. The number of nitrogens with one attached hydrogen (secondary N) is 1. The Kier molecular flexibility index (Phi) is 4.91. The summed E-state index contributed by atoms with van der Waals surface area (Å²) in [4.78, 5) is 13.2. The van der Waals surface area contributed by atoms with Crippen LogP contribution >= 0.6 is 0 Å². The molecule has 1 heterocycles. The first kappa shape index (κ1) is 17.9. The monoisotopic (exact) mass is 344 g/mol. The van der Waals surface area contributed by atoms with E-state index in [1.807, 2.05) is 0 Å². The summed E-state index contributed by atoms with van der Waals surface area (Å²) in [5, 5.41) is 6.77. The third kappa shape index (κ3) is 4.09. The Bertz CT molecular complexity index is 738. The molecule has 2 amide bonds. The number of carbonyl (C=O) groups is 1. The van der Waals surface area contributed by atoms with Crippen molar-refractivity contribution in [2.45, 2.75) is 32.7 Å². The Labute approximate surface area is 137 Å². The first-order valence-corrected chi connectivity index (χ1v) is 7.29. The minimum atomic E-state index is -4.43. The lowest BCUT2D eigenvalue weighted by molar-refractivity contribution is -0.141. The van der Waals surface area contributed by atoms with E-state index in [0.717, 1.165) is 4.68 Å². The maximum Gasteiger partial charge on any atom is 0.408 e. The number of benzene rings is 1. The van der Waals surface area contributed by atoms with Crippen molar-refractivity contribution in [2.75, 3.05) is 19.4 Å². The molecule has 2 rings (SSSR count). The number of hydrogen-bond donors (Lipinski definition) is 1. The van der Waals surface area contributed by atoms with Crippen molar-refractivity contribution in [3.8, 4) is 5.75 Å². The molecule has 0 saturated heterocycles. The van der Waals surface area contributed by atoms with E-state index in [2.05, 4.69) is 10.4 Å². The lowest BCUT2D eigenvalue weighted by Gasteiger charge is -2.13. The highest BCUT2D eigenvalue weighted by Crippen LogP contribution is 2.34. The maximum atomic E-state index is 12.8. The zero-order chi connectivity index (χ0) is 18.1. The van der Waals surface area contributed by atoms with Gasteiger partial charge in [-0.3, -0.25) is 10.00 Å². The molecule has 24 heavy (non-hydrogen) atoms. The highest BCUT2D eigenvalue weighted by atomic mass is 19.4. The second-order valence-corrected chi connectivity index (χ2v) is 5.76. The zero-order valence-corrected chi connectivity index (χ0v) is 13.8. The van der Waals surface area contributed by atoms with E-state index < -0.39 is 18.8 Å². The molecule has 0 atom stereocenters. The molecule has 0 radical (unpaired) electrons. The quantitative estimate of drug-likeness (QED) is 0.924. The second kappa shape index (κ2) is 6.58. The van der Waals surface area contributed by atoms with Crippen molar-refractivity contribution in [2.24, 2.45) is 0 Å². The van der Waals surface area contributed by atoms with Crippen LogP contribution in [0.25, 0.3) is 10.9 Å². The van der Waals surface area contributed by atoms with Crippen molar-refractivity contribution >= 4 is 22.8 Å². The largest absolute Gasteiger partial charge is 0.490 e. The van der Waals surface area contributed by atoms with Crippen molar-refractivity contribution < 1.29 is 22.7 Å². The van der Waals surface area contributed by atoms with Gasteiger partial charge in [-0.05, 0) is 26.0 Å². The molecule has 0 unspecified atom stereocenters. The number of aromatic nitrogens is 2. The number of nitrogens with zero attached hydrogens (tertiary/aromatic N) is 3. The van der Waals surface area contributed by atoms with Gasteiger partial charge in [-0.25, -0.2) is 4.79 Å². The lowest BCUT2D eigenvalue weighted by Crippen LogP contribution is -2.27. The molecule has 0 bridgehead atoms. The molecule has 0 aliphatic rings. The van der Waals surface area contributed by atoms with Gasteiger partial charge in [0.05, 0.1) is 17.0 Å². The van der Waals surface area contributed by atoms with Gasteiger partial charge in [-0.1, -0.05) is 6.07 Å². The SMILES string of the molecule is CC(C)Oc1cccc2c1c(NC(=O)N(C)C)nn2CC(F)(F)F. The molecule has 0 spiro atoms. The number of urea groups is 1. The van der Waals surface area contributed by atoms with Crippen LogP contribution in [0.15, 0.2) is 18.2 Å². The molecule has 9 heteroatoms. The third-order valence-electron chi connectivity index (χ3n) is 3.06. The van der Waals surface area contributed by atoms with Crippen LogP contribution in [0.3, 0.4) is 0 Å². The number of rotatable bonds is 4. The Morgan fingerprint density at radius 1 is 1.38 bits per heavy atom. The fourth-order valence-electron chi connectivity index (χ4n) is 2.14. The predicted molar refractivity (Wildman–Crippen MR) is 84.3 cm³/mol. The summed E-state index contributed by atoms with van der Waals surface area (Å²) in [7, 11) is 3.05.